The molecule has 1 rings (SSSR count). The number of hydrogen-bond acceptors (Lipinski definition) is 7. The second kappa shape index (κ2) is 3.43. The van der Waals surface area contributed by atoms with E-state index in [9.17, 15) is 21.9 Å². The Labute approximate surface area is 90.2 Å². The molecular formula is C5H7NO8S2. The molecule has 1 heterocycles. The van der Waals surface area contributed by atoms with E-state index in [1.54, 1.807) is 0 Å². The molecule has 0 aliphatic carbocycles. The van der Waals surface area contributed by atoms with Crippen molar-refractivity contribution in [3.05, 3.63) is 22.9 Å². The lowest BCUT2D eigenvalue weighted by atomic mass is 10.3. The summed E-state index contributed by atoms with van der Waals surface area (Å²) in [5.74, 6) is -1.31. The standard InChI is InChI=1S/C5H7NO8S2/c7-4-3(15(9,10)11)1-2-5(8,6-4)16(12,13)14/h1-2,6-8H,(H,9,10,11)(H,12,13,14). The number of allylic oxidation sites excluding steroid dienone is 1. The molecule has 0 spiro atoms. The first kappa shape index (κ1) is 12.9. The van der Waals surface area contributed by atoms with E-state index in [2.05, 4.69) is 0 Å². The van der Waals surface area contributed by atoms with Crippen molar-refractivity contribution >= 4 is 20.2 Å². The molecule has 11 heteroatoms. The molecule has 0 saturated heterocycles. The summed E-state index contributed by atoms with van der Waals surface area (Å²) < 4.78 is 59.7. The number of hydrogen-bond donors (Lipinski definition) is 5. The van der Waals surface area contributed by atoms with Crippen LogP contribution in [0.15, 0.2) is 22.9 Å². The molecule has 0 radical (unpaired) electrons. The minimum absolute atomic E-state index is 0.338. The molecule has 0 bridgehead atoms. The van der Waals surface area contributed by atoms with Crippen molar-refractivity contribution in [3.63, 3.8) is 0 Å². The van der Waals surface area contributed by atoms with Gasteiger partial charge in [0.2, 0.25) is 5.88 Å². The molecule has 1 aliphatic heterocycles. The molecule has 0 aromatic carbocycles. The average molecular weight is 273 g/mol. The highest BCUT2D eigenvalue weighted by Gasteiger charge is 2.43. The monoisotopic (exact) mass is 273 g/mol. The Morgan fingerprint density at radius 2 is 1.69 bits per heavy atom. The van der Waals surface area contributed by atoms with Gasteiger partial charge in [0.05, 0.1) is 0 Å². The second-order valence-corrected chi connectivity index (χ2v) is 5.78. The van der Waals surface area contributed by atoms with Crippen LogP contribution in [0.5, 0.6) is 0 Å². The van der Waals surface area contributed by atoms with Gasteiger partial charge in [0.25, 0.3) is 15.2 Å². The van der Waals surface area contributed by atoms with Crippen LogP contribution in [0.1, 0.15) is 0 Å². The number of rotatable bonds is 2. The summed E-state index contributed by atoms with van der Waals surface area (Å²) in [7, 11) is -9.82. The van der Waals surface area contributed by atoms with Gasteiger partial charge in [0, 0.05) is 0 Å². The Morgan fingerprint density at radius 1 is 1.19 bits per heavy atom. The summed E-state index contributed by atoms with van der Waals surface area (Å²) in [6.07, 6.45) is 0.764. The lowest BCUT2D eigenvalue weighted by Gasteiger charge is -2.26. The fourth-order valence-corrected chi connectivity index (χ4v) is 1.90. The average Bonchev–Trinajstić information content (AvgIpc) is 1.98. The van der Waals surface area contributed by atoms with Crippen LogP contribution in [-0.4, -0.2) is 41.2 Å². The maximum Gasteiger partial charge on any atom is 0.319 e. The minimum atomic E-state index is -5.04. The molecule has 0 saturated carbocycles. The fraction of sp³-hybridized carbons (Fsp3) is 0.200. The molecule has 5 N–H and O–H groups in total. The van der Waals surface area contributed by atoms with E-state index in [0.717, 1.165) is 0 Å². The summed E-state index contributed by atoms with van der Waals surface area (Å²) in [5, 5.41) is 16.7. The van der Waals surface area contributed by atoms with Crippen LogP contribution in [0.25, 0.3) is 0 Å². The fourth-order valence-electron chi connectivity index (χ4n) is 0.899. The molecular weight excluding hydrogens is 266 g/mol. The Kier molecular flexibility index (Phi) is 2.77. The van der Waals surface area contributed by atoms with E-state index in [-0.39, 0.29) is 0 Å². The van der Waals surface area contributed by atoms with Crippen LogP contribution in [0.4, 0.5) is 0 Å². The van der Waals surface area contributed by atoms with Crippen LogP contribution in [0.2, 0.25) is 0 Å². The zero-order valence-corrected chi connectivity index (χ0v) is 9.03. The van der Waals surface area contributed by atoms with Crippen molar-refractivity contribution in [2.45, 2.75) is 5.06 Å². The maximum atomic E-state index is 10.7. The Bertz CT molecular complexity index is 570. The first-order valence-corrected chi connectivity index (χ1v) is 6.43. The number of nitrogens with one attached hydrogen (secondary N) is 1. The lowest BCUT2D eigenvalue weighted by Crippen LogP contribution is -2.51. The van der Waals surface area contributed by atoms with Crippen molar-refractivity contribution in [2.75, 3.05) is 0 Å². The van der Waals surface area contributed by atoms with Crippen molar-refractivity contribution in [2.24, 2.45) is 0 Å². The predicted molar refractivity (Wildman–Crippen MR) is 50.0 cm³/mol. The highest BCUT2D eigenvalue weighted by atomic mass is 32.2. The van der Waals surface area contributed by atoms with Crippen LogP contribution < -0.4 is 5.32 Å². The van der Waals surface area contributed by atoms with Crippen molar-refractivity contribution in [1.29, 1.82) is 0 Å². The van der Waals surface area contributed by atoms with Crippen LogP contribution in [-0.2, 0) is 20.2 Å². The molecule has 16 heavy (non-hydrogen) atoms. The van der Waals surface area contributed by atoms with E-state index in [1.165, 1.54) is 5.32 Å². The highest BCUT2D eigenvalue weighted by Crippen LogP contribution is 2.22. The SMILES string of the molecule is O=S(=O)(O)C1=C(O)NC(O)(S(=O)(=O)O)C=C1. The molecule has 1 aliphatic rings. The second-order valence-electron chi connectivity index (χ2n) is 2.82. The summed E-state index contributed by atoms with van der Waals surface area (Å²) in [6.45, 7) is 0. The highest BCUT2D eigenvalue weighted by molar-refractivity contribution is 7.90. The summed E-state index contributed by atoms with van der Waals surface area (Å²) in [4.78, 5) is -1.04. The topological polar surface area (TPSA) is 161 Å². The van der Waals surface area contributed by atoms with E-state index in [4.69, 9.17) is 14.2 Å². The summed E-state index contributed by atoms with van der Waals surface area (Å²) >= 11 is 0. The molecule has 0 aromatic heterocycles. The van der Waals surface area contributed by atoms with Gasteiger partial charge in [-0.2, -0.15) is 16.8 Å². The van der Waals surface area contributed by atoms with E-state index in [1.807, 2.05) is 0 Å². The summed E-state index contributed by atoms with van der Waals surface area (Å²) in [6, 6.07) is 0. The minimum Gasteiger partial charge on any atom is -0.494 e. The van der Waals surface area contributed by atoms with Crippen LogP contribution >= 0.6 is 0 Å². The van der Waals surface area contributed by atoms with Crippen molar-refractivity contribution in [1.82, 2.24) is 5.32 Å². The molecule has 9 nitrogen and oxygen atoms in total. The predicted octanol–water partition coefficient (Wildman–Crippen LogP) is -1.71. The van der Waals surface area contributed by atoms with Crippen LogP contribution in [0, 0.1) is 0 Å². The maximum absolute atomic E-state index is 10.7. The van der Waals surface area contributed by atoms with Gasteiger partial charge in [-0.25, -0.2) is 0 Å². The van der Waals surface area contributed by atoms with E-state index >= 15 is 0 Å². The summed E-state index contributed by atoms with van der Waals surface area (Å²) in [5.41, 5.74) is 0. The van der Waals surface area contributed by atoms with Gasteiger partial charge in [-0.05, 0) is 12.2 Å². The van der Waals surface area contributed by atoms with E-state index in [0.29, 0.717) is 12.2 Å². The zero-order chi connectivity index (χ0) is 12.8. The van der Waals surface area contributed by atoms with Gasteiger partial charge >= 0.3 is 10.1 Å². The smallest absolute Gasteiger partial charge is 0.319 e. The Balaban J connectivity index is 3.28. The first-order valence-electron chi connectivity index (χ1n) is 3.55. The van der Waals surface area contributed by atoms with Crippen molar-refractivity contribution in [3.8, 4) is 0 Å². The van der Waals surface area contributed by atoms with Gasteiger partial charge < -0.3 is 15.5 Å². The molecule has 0 amide bonds. The zero-order valence-electron chi connectivity index (χ0n) is 7.39. The van der Waals surface area contributed by atoms with Crippen molar-refractivity contribution < 1.29 is 36.2 Å². The lowest BCUT2D eigenvalue weighted by molar-refractivity contribution is 0.113. The van der Waals surface area contributed by atoms with Gasteiger partial charge in [-0.15, -0.1) is 0 Å². The molecule has 0 aromatic rings. The first-order chi connectivity index (χ1) is 6.97. The quantitative estimate of drug-likeness (QED) is 0.369. The van der Waals surface area contributed by atoms with E-state index < -0.39 is 36.1 Å². The Hall–Kier alpha value is -1.14. The molecule has 1 unspecified atom stereocenters. The molecule has 1 atom stereocenters. The van der Waals surface area contributed by atoms with Gasteiger partial charge in [-0.1, -0.05) is 0 Å². The third-order valence-electron chi connectivity index (χ3n) is 1.66. The van der Waals surface area contributed by atoms with Gasteiger partial charge in [-0.3, -0.25) is 9.11 Å². The largest absolute Gasteiger partial charge is 0.494 e. The number of aliphatic hydroxyl groups excluding tert-OH is 1. The third-order valence-corrected chi connectivity index (χ3v) is 3.57. The Morgan fingerprint density at radius 3 is 2.00 bits per heavy atom. The van der Waals surface area contributed by atoms with Gasteiger partial charge in [0.15, 0.2) is 4.91 Å². The molecule has 92 valence electrons. The normalized spacial score (nSPS) is 26.7. The molecule has 0 fully saturated rings. The van der Waals surface area contributed by atoms with Crippen LogP contribution in [0.3, 0.4) is 0 Å². The number of dihydropyridines is 1. The number of aliphatic hydroxyl groups is 2. The third kappa shape index (κ3) is 2.17. The van der Waals surface area contributed by atoms with Gasteiger partial charge in [0.1, 0.15) is 0 Å².